The molecule has 0 spiro atoms. The van der Waals surface area contributed by atoms with Crippen molar-refractivity contribution in [2.24, 2.45) is 0 Å². The molecule has 0 bridgehead atoms. The number of benzene rings is 3. The number of nitrogens with zero attached hydrogens (tertiary/aromatic N) is 2. The van der Waals surface area contributed by atoms with Crippen molar-refractivity contribution in [3.05, 3.63) is 87.9 Å². The minimum absolute atomic E-state index is 0.0162. The molecule has 12 heteroatoms. The average Bonchev–Trinajstić information content (AvgIpc) is 3.71. The second-order valence-electron chi connectivity index (χ2n) is 10.9. The molecule has 1 N–H and O–H groups in total. The van der Waals surface area contributed by atoms with E-state index in [9.17, 15) is 18.0 Å². The largest absolute Gasteiger partial charge is 0.454 e. The highest BCUT2D eigenvalue weighted by Crippen LogP contribution is 2.36. The van der Waals surface area contributed by atoms with Gasteiger partial charge in [0, 0.05) is 35.1 Å². The van der Waals surface area contributed by atoms with Crippen LogP contribution in [0.25, 0.3) is 0 Å². The van der Waals surface area contributed by atoms with E-state index in [1.807, 2.05) is 30.3 Å². The Labute approximate surface area is 268 Å². The average molecular weight is 661 g/mol. The zero-order valence-corrected chi connectivity index (χ0v) is 26.7. The van der Waals surface area contributed by atoms with Crippen LogP contribution in [0.2, 0.25) is 10.0 Å². The van der Waals surface area contributed by atoms with Crippen molar-refractivity contribution < 1.29 is 27.5 Å². The van der Waals surface area contributed by atoms with E-state index in [2.05, 4.69) is 5.32 Å². The number of ether oxygens (including phenoxy) is 2. The molecule has 44 heavy (non-hydrogen) atoms. The Morgan fingerprint density at radius 3 is 2.41 bits per heavy atom. The van der Waals surface area contributed by atoms with Crippen molar-refractivity contribution in [1.29, 1.82) is 0 Å². The molecule has 1 atom stereocenters. The van der Waals surface area contributed by atoms with Gasteiger partial charge in [-0.05, 0) is 55.2 Å². The summed E-state index contributed by atoms with van der Waals surface area (Å²) in [4.78, 5) is 29.8. The van der Waals surface area contributed by atoms with Crippen molar-refractivity contribution in [2.45, 2.75) is 57.7 Å². The van der Waals surface area contributed by atoms with Crippen molar-refractivity contribution in [2.75, 3.05) is 23.4 Å². The number of halogens is 2. The summed E-state index contributed by atoms with van der Waals surface area (Å²) < 4.78 is 38.7. The number of hydrogen-bond acceptors (Lipinski definition) is 6. The van der Waals surface area contributed by atoms with E-state index in [1.54, 1.807) is 30.3 Å². The highest BCUT2D eigenvalue weighted by atomic mass is 35.5. The molecule has 3 aromatic rings. The van der Waals surface area contributed by atoms with E-state index < -0.39 is 28.5 Å². The third kappa shape index (κ3) is 7.60. The zero-order chi connectivity index (χ0) is 31.3. The first-order chi connectivity index (χ1) is 21.1. The first kappa shape index (κ1) is 31.9. The van der Waals surface area contributed by atoms with Crippen molar-refractivity contribution >= 4 is 50.7 Å². The summed E-state index contributed by atoms with van der Waals surface area (Å²) in [5.41, 5.74) is 1.68. The SMILES string of the molecule is CCS(=O)(=O)N(CC(=O)N(Cc1ccc(Cl)cc1Cl)[C@H](Cc1ccccc1)C(=O)NC1CCCC1)c1ccc2c(c1)OCO2. The molecule has 0 aromatic heterocycles. The molecule has 1 saturated carbocycles. The van der Waals surface area contributed by atoms with Gasteiger partial charge in [-0.2, -0.15) is 0 Å². The molecule has 2 aliphatic rings. The topological polar surface area (TPSA) is 105 Å². The molecular formula is C32H35Cl2N3O6S. The van der Waals surface area contributed by atoms with Crippen LogP contribution in [-0.2, 0) is 32.6 Å². The fraction of sp³-hybridized carbons (Fsp3) is 0.375. The summed E-state index contributed by atoms with van der Waals surface area (Å²) in [6.45, 7) is 0.956. The summed E-state index contributed by atoms with van der Waals surface area (Å²) in [5.74, 6) is -0.235. The van der Waals surface area contributed by atoms with Gasteiger partial charge < -0.3 is 19.7 Å². The molecule has 1 aliphatic heterocycles. The van der Waals surface area contributed by atoms with Gasteiger partial charge in [-0.3, -0.25) is 13.9 Å². The van der Waals surface area contributed by atoms with Crippen LogP contribution in [-0.4, -0.2) is 56.3 Å². The van der Waals surface area contributed by atoms with Crippen LogP contribution < -0.4 is 19.1 Å². The van der Waals surface area contributed by atoms with Crippen LogP contribution in [0.5, 0.6) is 11.5 Å². The van der Waals surface area contributed by atoms with Crippen LogP contribution in [0, 0.1) is 0 Å². The Morgan fingerprint density at radius 2 is 1.70 bits per heavy atom. The van der Waals surface area contributed by atoms with E-state index >= 15 is 0 Å². The fourth-order valence-electron chi connectivity index (χ4n) is 5.52. The summed E-state index contributed by atoms with van der Waals surface area (Å²) in [6, 6.07) is 18.2. The van der Waals surface area contributed by atoms with Crippen LogP contribution in [0.3, 0.4) is 0 Å². The molecule has 5 rings (SSSR count). The summed E-state index contributed by atoms with van der Waals surface area (Å²) in [6.07, 6.45) is 4.01. The maximum Gasteiger partial charge on any atom is 0.244 e. The molecule has 9 nitrogen and oxygen atoms in total. The van der Waals surface area contributed by atoms with Gasteiger partial charge in [-0.15, -0.1) is 0 Å². The minimum Gasteiger partial charge on any atom is -0.454 e. The highest BCUT2D eigenvalue weighted by Gasteiger charge is 2.35. The molecule has 234 valence electrons. The fourth-order valence-corrected chi connectivity index (χ4v) is 7.04. The van der Waals surface area contributed by atoms with E-state index in [4.69, 9.17) is 32.7 Å². The molecule has 0 saturated heterocycles. The Morgan fingerprint density at radius 1 is 0.977 bits per heavy atom. The van der Waals surface area contributed by atoms with Gasteiger partial charge in [-0.25, -0.2) is 8.42 Å². The van der Waals surface area contributed by atoms with E-state index in [-0.39, 0.29) is 43.1 Å². The number of nitrogens with one attached hydrogen (secondary N) is 1. The maximum atomic E-state index is 14.4. The Bertz CT molecular complexity index is 1600. The summed E-state index contributed by atoms with van der Waals surface area (Å²) in [5, 5.41) is 3.91. The van der Waals surface area contributed by atoms with E-state index in [0.29, 0.717) is 27.1 Å². The lowest BCUT2D eigenvalue weighted by molar-refractivity contribution is -0.140. The predicted octanol–water partition coefficient (Wildman–Crippen LogP) is 5.58. The molecule has 2 amide bonds. The summed E-state index contributed by atoms with van der Waals surface area (Å²) >= 11 is 12.7. The number of carbonyl (C=O) groups excluding carboxylic acids is 2. The second kappa shape index (κ2) is 14.1. The Hall–Kier alpha value is -3.47. The van der Waals surface area contributed by atoms with Crippen LogP contribution >= 0.6 is 23.2 Å². The van der Waals surface area contributed by atoms with Gasteiger partial charge >= 0.3 is 0 Å². The molecular weight excluding hydrogens is 625 g/mol. The number of anilines is 1. The molecule has 1 heterocycles. The minimum atomic E-state index is -3.92. The molecule has 1 aliphatic carbocycles. The van der Waals surface area contributed by atoms with E-state index in [1.165, 1.54) is 17.9 Å². The number of hydrogen-bond donors (Lipinski definition) is 1. The monoisotopic (exact) mass is 659 g/mol. The molecule has 0 radical (unpaired) electrons. The quantitative estimate of drug-likeness (QED) is 0.272. The maximum absolute atomic E-state index is 14.4. The number of sulfonamides is 1. The van der Waals surface area contributed by atoms with Crippen LogP contribution in [0.1, 0.15) is 43.7 Å². The number of rotatable bonds is 12. The smallest absolute Gasteiger partial charge is 0.244 e. The van der Waals surface area contributed by atoms with Gasteiger partial charge in [0.15, 0.2) is 11.5 Å². The number of carbonyl (C=O) groups is 2. The normalized spacial score (nSPS) is 15.2. The lowest BCUT2D eigenvalue weighted by Gasteiger charge is -2.34. The van der Waals surface area contributed by atoms with Gasteiger partial charge in [0.1, 0.15) is 12.6 Å². The van der Waals surface area contributed by atoms with Crippen LogP contribution in [0.15, 0.2) is 66.7 Å². The van der Waals surface area contributed by atoms with Gasteiger partial charge in [0.25, 0.3) is 0 Å². The standard InChI is InChI=1S/C32H35Cl2N3O6S/c1-2-44(40,41)37(26-14-15-29-30(18-26)43-21-42-29)20-31(38)36(19-23-12-13-24(33)17-27(23)34)28(16-22-8-4-3-5-9-22)32(39)35-25-10-6-7-11-25/h3-5,8-9,12-15,17-18,25,28H,2,6-7,10-11,16,19-21H2,1H3,(H,35,39)/t28-/m1/s1. The van der Waals surface area contributed by atoms with Crippen LogP contribution in [0.4, 0.5) is 5.69 Å². The number of fused-ring (bicyclic) bond motifs is 1. The van der Waals surface area contributed by atoms with Gasteiger partial charge in [0.2, 0.25) is 28.6 Å². The van der Waals surface area contributed by atoms with Crippen molar-refractivity contribution in [3.8, 4) is 11.5 Å². The zero-order valence-electron chi connectivity index (χ0n) is 24.4. The second-order valence-corrected chi connectivity index (χ2v) is 13.9. The lowest BCUT2D eigenvalue weighted by atomic mass is 10.0. The predicted molar refractivity (Wildman–Crippen MR) is 171 cm³/mol. The van der Waals surface area contributed by atoms with Gasteiger partial charge in [-0.1, -0.05) is 72.4 Å². The summed E-state index contributed by atoms with van der Waals surface area (Å²) in [7, 11) is -3.92. The molecule has 1 fully saturated rings. The third-order valence-electron chi connectivity index (χ3n) is 7.95. The van der Waals surface area contributed by atoms with E-state index in [0.717, 1.165) is 35.6 Å². The Kier molecular flexibility index (Phi) is 10.2. The first-order valence-corrected chi connectivity index (χ1v) is 17.0. The first-order valence-electron chi connectivity index (χ1n) is 14.6. The Balaban J connectivity index is 1.53. The van der Waals surface area contributed by atoms with Crippen molar-refractivity contribution in [3.63, 3.8) is 0 Å². The number of amides is 2. The molecule has 0 unspecified atom stereocenters. The molecule has 3 aromatic carbocycles. The lowest BCUT2D eigenvalue weighted by Crippen LogP contribution is -2.54. The third-order valence-corrected chi connectivity index (χ3v) is 10.3. The van der Waals surface area contributed by atoms with Crippen molar-refractivity contribution in [1.82, 2.24) is 10.2 Å². The highest BCUT2D eigenvalue weighted by molar-refractivity contribution is 7.92. The van der Waals surface area contributed by atoms with Gasteiger partial charge in [0.05, 0.1) is 11.4 Å².